The first-order valence-corrected chi connectivity index (χ1v) is 14.9. The van der Waals surface area contributed by atoms with Crippen molar-refractivity contribution in [3.05, 3.63) is 89.5 Å². The maximum Gasteiger partial charge on any atom is 0.264 e. The van der Waals surface area contributed by atoms with Crippen LogP contribution < -0.4 is 14.4 Å². The minimum atomic E-state index is -4.10. The van der Waals surface area contributed by atoms with Crippen molar-refractivity contribution in [3.8, 4) is 5.75 Å². The smallest absolute Gasteiger partial charge is 0.264 e. The van der Waals surface area contributed by atoms with Crippen molar-refractivity contribution in [2.24, 2.45) is 0 Å². The number of ether oxygens (including phenoxy) is 1. The molecule has 1 N–H and O–H groups in total. The monoisotopic (exact) mass is 565 g/mol. The Balaban J connectivity index is 2.07. The highest BCUT2D eigenvalue weighted by atomic mass is 32.2. The van der Waals surface area contributed by atoms with Gasteiger partial charge in [-0.05, 0) is 73.7 Å². The van der Waals surface area contributed by atoms with Crippen molar-refractivity contribution in [2.45, 2.75) is 58.0 Å². The van der Waals surface area contributed by atoms with Crippen molar-refractivity contribution in [1.29, 1.82) is 0 Å². The number of carbonyl (C=O) groups excluding carboxylic acids is 2. The molecule has 0 fully saturated rings. The van der Waals surface area contributed by atoms with Crippen molar-refractivity contribution >= 4 is 27.5 Å². The average molecular weight is 566 g/mol. The fourth-order valence-corrected chi connectivity index (χ4v) is 5.93. The van der Waals surface area contributed by atoms with Crippen LogP contribution in [0.3, 0.4) is 0 Å². The average Bonchev–Trinajstić information content (AvgIpc) is 2.96. The molecule has 0 saturated heterocycles. The van der Waals surface area contributed by atoms with Gasteiger partial charge in [-0.2, -0.15) is 0 Å². The van der Waals surface area contributed by atoms with Crippen LogP contribution in [-0.2, 0) is 26.2 Å². The fourth-order valence-electron chi connectivity index (χ4n) is 4.43. The number of anilines is 1. The number of hydrogen-bond acceptors (Lipinski definition) is 5. The number of methoxy groups -OCH3 is 1. The zero-order chi connectivity index (χ0) is 29.3. The Morgan fingerprint density at radius 2 is 1.62 bits per heavy atom. The Labute approximate surface area is 238 Å². The molecular weight excluding hydrogens is 526 g/mol. The summed E-state index contributed by atoms with van der Waals surface area (Å²) in [6.45, 7) is 7.64. The largest absolute Gasteiger partial charge is 0.497 e. The van der Waals surface area contributed by atoms with Gasteiger partial charge in [0.1, 0.15) is 18.3 Å². The molecule has 0 heterocycles. The molecule has 2 amide bonds. The van der Waals surface area contributed by atoms with Gasteiger partial charge in [0, 0.05) is 13.1 Å². The van der Waals surface area contributed by atoms with E-state index in [9.17, 15) is 18.0 Å². The molecule has 40 heavy (non-hydrogen) atoms. The van der Waals surface area contributed by atoms with E-state index in [-0.39, 0.29) is 17.3 Å². The van der Waals surface area contributed by atoms with E-state index < -0.39 is 28.5 Å². The molecule has 3 aromatic rings. The van der Waals surface area contributed by atoms with Gasteiger partial charge in [0.15, 0.2) is 0 Å². The van der Waals surface area contributed by atoms with Crippen LogP contribution >= 0.6 is 0 Å². The van der Waals surface area contributed by atoms with E-state index in [1.54, 1.807) is 43.5 Å². The molecule has 0 aliphatic rings. The standard InChI is InChI=1S/C31H39N3O5S/c1-6-19-32-31(36)28(7-2)33(21-25-15-17-26(39-5)18-16-25)30(35)22-34(29-20-23(3)13-14-24(29)4)40(37,38)27-11-9-8-10-12-27/h8-18,20,28H,6-7,19,21-22H2,1-5H3,(H,32,36). The van der Waals surface area contributed by atoms with Gasteiger partial charge < -0.3 is 15.0 Å². The molecule has 1 atom stereocenters. The molecule has 1 unspecified atom stereocenters. The maximum atomic E-state index is 14.1. The first-order chi connectivity index (χ1) is 19.1. The predicted molar refractivity (Wildman–Crippen MR) is 158 cm³/mol. The Morgan fingerprint density at radius 3 is 2.23 bits per heavy atom. The summed E-state index contributed by atoms with van der Waals surface area (Å²) in [6, 6.07) is 20.0. The highest BCUT2D eigenvalue weighted by molar-refractivity contribution is 7.92. The molecular formula is C31H39N3O5S. The van der Waals surface area contributed by atoms with Gasteiger partial charge >= 0.3 is 0 Å². The van der Waals surface area contributed by atoms with Crippen LogP contribution in [0.15, 0.2) is 77.7 Å². The third kappa shape index (κ3) is 7.41. The molecule has 0 bridgehead atoms. The number of aryl methyl sites for hydroxylation is 2. The summed E-state index contributed by atoms with van der Waals surface area (Å²) >= 11 is 0. The summed E-state index contributed by atoms with van der Waals surface area (Å²) in [4.78, 5) is 28.9. The SMILES string of the molecule is CCCNC(=O)C(CC)N(Cc1ccc(OC)cc1)C(=O)CN(c1cc(C)ccc1C)S(=O)(=O)c1ccccc1. The third-order valence-corrected chi connectivity index (χ3v) is 8.46. The molecule has 8 nitrogen and oxygen atoms in total. The molecule has 0 spiro atoms. The molecule has 0 aliphatic carbocycles. The maximum absolute atomic E-state index is 14.1. The highest BCUT2D eigenvalue weighted by Crippen LogP contribution is 2.28. The quantitative estimate of drug-likeness (QED) is 0.320. The van der Waals surface area contributed by atoms with E-state index in [1.807, 2.05) is 52.0 Å². The highest BCUT2D eigenvalue weighted by Gasteiger charge is 2.34. The Kier molecular flexibility index (Phi) is 10.7. The van der Waals surface area contributed by atoms with Crippen molar-refractivity contribution < 1.29 is 22.7 Å². The van der Waals surface area contributed by atoms with E-state index in [0.717, 1.165) is 21.9 Å². The van der Waals surface area contributed by atoms with Crippen molar-refractivity contribution in [3.63, 3.8) is 0 Å². The summed E-state index contributed by atoms with van der Waals surface area (Å²) in [7, 11) is -2.53. The zero-order valence-corrected chi connectivity index (χ0v) is 24.7. The summed E-state index contributed by atoms with van der Waals surface area (Å²) in [5.41, 5.74) is 2.79. The number of hydrogen-bond donors (Lipinski definition) is 1. The molecule has 0 aliphatic heterocycles. The lowest BCUT2D eigenvalue weighted by molar-refractivity contribution is -0.140. The zero-order valence-electron chi connectivity index (χ0n) is 23.9. The lowest BCUT2D eigenvalue weighted by Gasteiger charge is -2.33. The summed E-state index contributed by atoms with van der Waals surface area (Å²) in [6.07, 6.45) is 1.12. The number of nitrogens with zero attached hydrogens (tertiary/aromatic N) is 2. The van der Waals surface area contributed by atoms with Gasteiger partial charge in [-0.1, -0.05) is 56.3 Å². The van der Waals surface area contributed by atoms with Gasteiger partial charge in [-0.15, -0.1) is 0 Å². The van der Waals surface area contributed by atoms with Crippen LogP contribution in [-0.4, -0.2) is 51.4 Å². The van der Waals surface area contributed by atoms with Crippen LogP contribution in [0.2, 0.25) is 0 Å². The summed E-state index contributed by atoms with van der Waals surface area (Å²) in [5, 5.41) is 2.90. The van der Waals surface area contributed by atoms with Gasteiger partial charge in [0.25, 0.3) is 10.0 Å². The molecule has 3 aromatic carbocycles. The first kappa shape index (κ1) is 30.7. The minimum Gasteiger partial charge on any atom is -0.497 e. The molecule has 214 valence electrons. The van der Waals surface area contributed by atoms with Crippen LogP contribution in [0, 0.1) is 13.8 Å². The fraction of sp³-hybridized carbons (Fsp3) is 0.355. The second-order valence-electron chi connectivity index (χ2n) is 9.70. The lowest BCUT2D eigenvalue weighted by atomic mass is 10.1. The van der Waals surface area contributed by atoms with E-state index in [1.165, 1.54) is 17.0 Å². The van der Waals surface area contributed by atoms with E-state index in [0.29, 0.717) is 30.0 Å². The molecule has 0 saturated carbocycles. The van der Waals surface area contributed by atoms with Gasteiger partial charge in [-0.25, -0.2) is 8.42 Å². The van der Waals surface area contributed by atoms with Crippen LogP contribution in [0.1, 0.15) is 43.4 Å². The Hall–Kier alpha value is -3.85. The molecule has 3 rings (SSSR count). The number of sulfonamides is 1. The van der Waals surface area contributed by atoms with E-state index in [2.05, 4.69) is 5.32 Å². The summed E-state index contributed by atoms with van der Waals surface area (Å²) < 4.78 is 34.3. The minimum absolute atomic E-state index is 0.0816. The predicted octanol–water partition coefficient (Wildman–Crippen LogP) is 4.84. The normalized spacial score (nSPS) is 11.9. The van der Waals surface area contributed by atoms with Gasteiger partial charge in [0.2, 0.25) is 11.8 Å². The Bertz CT molecular complexity index is 1390. The second-order valence-corrected chi connectivity index (χ2v) is 11.6. The van der Waals surface area contributed by atoms with Crippen LogP contribution in [0.4, 0.5) is 5.69 Å². The van der Waals surface area contributed by atoms with Crippen molar-refractivity contribution in [1.82, 2.24) is 10.2 Å². The number of rotatable bonds is 13. The van der Waals surface area contributed by atoms with E-state index in [4.69, 9.17) is 4.74 Å². The molecule has 0 aromatic heterocycles. The number of benzene rings is 3. The number of amides is 2. The topological polar surface area (TPSA) is 96.0 Å². The van der Waals surface area contributed by atoms with E-state index >= 15 is 0 Å². The van der Waals surface area contributed by atoms with Gasteiger partial charge in [-0.3, -0.25) is 13.9 Å². The first-order valence-electron chi connectivity index (χ1n) is 13.5. The van der Waals surface area contributed by atoms with Crippen LogP contribution in [0.25, 0.3) is 0 Å². The second kappa shape index (κ2) is 14.0. The van der Waals surface area contributed by atoms with Crippen molar-refractivity contribution in [2.75, 3.05) is 24.5 Å². The molecule has 0 radical (unpaired) electrons. The third-order valence-electron chi connectivity index (χ3n) is 6.69. The lowest BCUT2D eigenvalue weighted by Crippen LogP contribution is -2.52. The Morgan fingerprint density at radius 1 is 0.950 bits per heavy atom. The summed E-state index contributed by atoms with van der Waals surface area (Å²) in [5.74, 6) is -0.0745. The molecule has 9 heteroatoms. The van der Waals surface area contributed by atoms with Gasteiger partial charge in [0.05, 0.1) is 17.7 Å². The number of carbonyl (C=O) groups is 2. The van der Waals surface area contributed by atoms with Crippen LogP contribution in [0.5, 0.6) is 5.75 Å². The number of nitrogens with one attached hydrogen (secondary N) is 1.